The smallest absolute Gasteiger partial charge is 0.220 e. The van der Waals surface area contributed by atoms with Crippen LogP contribution in [0.3, 0.4) is 0 Å². The van der Waals surface area contributed by atoms with Crippen LogP contribution in [0.5, 0.6) is 0 Å². The molecule has 1 aliphatic heterocycles. The van der Waals surface area contributed by atoms with Crippen molar-refractivity contribution in [3.63, 3.8) is 0 Å². The maximum absolute atomic E-state index is 11.2. The second kappa shape index (κ2) is 3.42. The summed E-state index contributed by atoms with van der Waals surface area (Å²) < 4.78 is 1.71. The number of hydrogen-bond acceptors (Lipinski definition) is 3. The third-order valence-corrected chi connectivity index (χ3v) is 2.53. The topological polar surface area (TPSA) is 72.9 Å². The summed E-state index contributed by atoms with van der Waals surface area (Å²) in [5.74, 6) is 0.0700. The van der Waals surface area contributed by atoms with Gasteiger partial charge < -0.3 is 11.1 Å². The monoisotopic (exact) mass is 194 g/mol. The Bertz CT molecular complexity index is 346. The molecule has 0 aromatic carbocycles. The van der Waals surface area contributed by atoms with E-state index >= 15 is 0 Å². The predicted molar refractivity (Wildman–Crippen MR) is 51.3 cm³/mol. The molecule has 0 aliphatic carbocycles. The number of aromatic nitrogens is 2. The van der Waals surface area contributed by atoms with Crippen molar-refractivity contribution in [3.05, 3.63) is 18.0 Å². The van der Waals surface area contributed by atoms with Gasteiger partial charge in [-0.3, -0.25) is 9.48 Å². The highest BCUT2D eigenvalue weighted by Crippen LogP contribution is 2.21. The van der Waals surface area contributed by atoms with Crippen molar-refractivity contribution in [2.75, 3.05) is 0 Å². The maximum atomic E-state index is 11.2. The normalized spacial score (nSPS) is 27.4. The highest BCUT2D eigenvalue weighted by Gasteiger charge is 2.27. The molecule has 0 spiro atoms. The fraction of sp³-hybridized carbons (Fsp3) is 0.556. The maximum Gasteiger partial charge on any atom is 0.220 e. The molecule has 76 valence electrons. The Morgan fingerprint density at radius 2 is 2.50 bits per heavy atom. The van der Waals surface area contributed by atoms with Gasteiger partial charge >= 0.3 is 0 Å². The van der Waals surface area contributed by atoms with E-state index in [1.807, 2.05) is 13.2 Å². The van der Waals surface area contributed by atoms with E-state index in [1.165, 1.54) is 0 Å². The highest BCUT2D eigenvalue weighted by atomic mass is 16.1. The molecule has 1 aliphatic rings. The molecule has 2 unspecified atom stereocenters. The van der Waals surface area contributed by atoms with Gasteiger partial charge in [0.1, 0.15) is 0 Å². The van der Waals surface area contributed by atoms with Crippen LogP contribution in [0.2, 0.25) is 0 Å². The summed E-state index contributed by atoms with van der Waals surface area (Å²) in [5, 5.41) is 6.94. The summed E-state index contributed by atoms with van der Waals surface area (Å²) >= 11 is 0. The van der Waals surface area contributed by atoms with Crippen molar-refractivity contribution < 1.29 is 4.79 Å². The lowest BCUT2D eigenvalue weighted by molar-refractivity contribution is -0.123. The second-order valence-electron chi connectivity index (χ2n) is 3.70. The van der Waals surface area contributed by atoms with Crippen LogP contribution in [0.4, 0.5) is 0 Å². The lowest BCUT2D eigenvalue weighted by Gasteiger charge is -2.28. The van der Waals surface area contributed by atoms with Gasteiger partial charge in [-0.1, -0.05) is 0 Å². The van der Waals surface area contributed by atoms with E-state index in [2.05, 4.69) is 10.4 Å². The van der Waals surface area contributed by atoms with Crippen LogP contribution in [-0.2, 0) is 11.8 Å². The highest BCUT2D eigenvalue weighted by molar-refractivity contribution is 5.77. The van der Waals surface area contributed by atoms with E-state index in [-0.39, 0.29) is 18.0 Å². The van der Waals surface area contributed by atoms with Crippen molar-refractivity contribution in [1.82, 2.24) is 15.1 Å². The van der Waals surface area contributed by atoms with E-state index < -0.39 is 0 Å². The number of rotatable bonds is 1. The molecule has 0 bridgehead atoms. The van der Waals surface area contributed by atoms with Crippen molar-refractivity contribution in [2.45, 2.75) is 24.9 Å². The number of aryl methyl sites for hydroxylation is 1. The first kappa shape index (κ1) is 9.21. The molecule has 2 heterocycles. The van der Waals surface area contributed by atoms with Crippen LogP contribution >= 0.6 is 0 Å². The predicted octanol–water partition coefficient (Wildman–Crippen LogP) is -0.302. The van der Waals surface area contributed by atoms with E-state index in [9.17, 15) is 4.79 Å². The van der Waals surface area contributed by atoms with Crippen molar-refractivity contribution >= 4 is 5.91 Å². The summed E-state index contributed by atoms with van der Waals surface area (Å²) in [4.78, 5) is 11.2. The van der Waals surface area contributed by atoms with Gasteiger partial charge in [-0.15, -0.1) is 0 Å². The van der Waals surface area contributed by atoms with Gasteiger partial charge in [0, 0.05) is 31.3 Å². The lowest BCUT2D eigenvalue weighted by Crippen LogP contribution is -2.45. The van der Waals surface area contributed by atoms with E-state index in [1.54, 1.807) is 10.9 Å². The molecule has 1 aromatic heterocycles. The number of carbonyl (C=O) groups excluding carboxylic acids is 1. The van der Waals surface area contributed by atoms with Crippen LogP contribution in [-0.4, -0.2) is 21.7 Å². The SMILES string of the molecule is Cn1cc(C2NC(=O)CCC2N)cn1. The van der Waals surface area contributed by atoms with Gasteiger partial charge in [-0.2, -0.15) is 5.10 Å². The minimum Gasteiger partial charge on any atom is -0.348 e. The van der Waals surface area contributed by atoms with Crippen molar-refractivity contribution in [2.24, 2.45) is 12.8 Å². The van der Waals surface area contributed by atoms with Crippen molar-refractivity contribution in [3.8, 4) is 0 Å². The van der Waals surface area contributed by atoms with Gasteiger partial charge in [0.15, 0.2) is 0 Å². The molecule has 1 saturated heterocycles. The Balaban J connectivity index is 2.19. The minimum absolute atomic E-state index is 0.00287. The molecular formula is C9H14N4O. The van der Waals surface area contributed by atoms with Gasteiger partial charge in [0.05, 0.1) is 12.2 Å². The molecule has 1 aromatic rings. The zero-order valence-electron chi connectivity index (χ0n) is 8.10. The van der Waals surface area contributed by atoms with Gasteiger partial charge in [0.2, 0.25) is 5.91 Å². The van der Waals surface area contributed by atoms with E-state index in [0.717, 1.165) is 12.0 Å². The second-order valence-corrected chi connectivity index (χ2v) is 3.70. The summed E-state index contributed by atoms with van der Waals surface area (Å²) in [7, 11) is 1.85. The summed E-state index contributed by atoms with van der Waals surface area (Å²) in [6.45, 7) is 0. The largest absolute Gasteiger partial charge is 0.348 e. The van der Waals surface area contributed by atoms with E-state index in [4.69, 9.17) is 5.73 Å². The molecule has 2 rings (SSSR count). The Hall–Kier alpha value is -1.36. The number of nitrogens with two attached hydrogens (primary N) is 1. The molecular weight excluding hydrogens is 180 g/mol. The standard InChI is InChI=1S/C9H14N4O/c1-13-5-6(4-11-13)9-7(10)2-3-8(14)12-9/h4-5,7,9H,2-3,10H2,1H3,(H,12,14). The summed E-state index contributed by atoms with van der Waals surface area (Å²) in [6, 6.07) is -0.0816. The zero-order valence-corrected chi connectivity index (χ0v) is 8.10. The number of amides is 1. The van der Waals surface area contributed by atoms with Crippen LogP contribution in [0.25, 0.3) is 0 Å². The average Bonchev–Trinajstić information content (AvgIpc) is 2.56. The molecule has 2 atom stereocenters. The summed E-state index contributed by atoms with van der Waals surface area (Å²) in [5.41, 5.74) is 6.91. The van der Waals surface area contributed by atoms with Crippen LogP contribution in [0.15, 0.2) is 12.4 Å². The van der Waals surface area contributed by atoms with E-state index in [0.29, 0.717) is 6.42 Å². The Morgan fingerprint density at radius 3 is 3.14 bits per heavy atom. The number of nitrogens with one attached hydrogen (secondary N) is 1. The Morgan fingerprint density at radius 1 is 1.71 bits per heavy atom. The molecule has 5 nitrogen and oxygen atoms in total. The minimum atomic E-state index is -0.0788. The third kappa shape index (κ3) is 1.63. The van der Waals surface area contributed by atoms with Gasteiger partial charge in [0.25, 0.3) is 0 Å². The first-order chi connectivity index (χ1) is 6.66. The Labute approximate surface area is 82.3 Å². The molecule has 0 saturated carbocycles. The van der Waals surface area contributed by atoms with Crippen LogP contribution in [0, 0.1) is 0 Å². The van der Waals surface area contributed by atoms with Crippen molar-refractivity contribution in [1.29, 1.82) is 0 Å². The Kier molecular flexibility index (Phi) is 2.25. The van der Waals surface area contributed by atoms with Gasteiger partial charge in [-0.25, -0.2) is 0 Å². The van der Waals surface area contributed by atoms with Crippen LogP contribution < -0.4 is 11.1 Å². The summed E-state index contributed by atoms with van der Waals surface area (Å²) in [6.07, 6.45) is 4.90. The third-order valence-electron chi connectivity index (χ3n) is 2.53. The number of nitrogens with zero attached hydrogens (tertiary/aromatic N) is 2. The quantitative estimate of drug-likeness (QED) is 0.644. The number of carbonyl (C=O) groups is 1. The molecule has 14 heavy (non-hydrogen) atoms. The molecule has 0 radical (unpaired) electrons. The first-order valence-electron chi connectivity index (χ1n) is 4.70. The first-order valence-corrected chi connectivity index (χ1v) is 4.70. The van der Waals surface area contributed by atoms with Crippen LogP contribution in [0.1, 0.15) is 24.4 Å². The molecule has 1 fully saturated rings. The van der Waals surface area contributed by atoms with Gasteiger partial charge in [-0.05, 0) is 6.42 Å². The fourth-order valence-corrected chi connectivity index (χ4v) is 1.75. The number of piperidine rings is 1. The molecule has 3 N–H and O–H groups in total. The lowest BCUT2D eigenvalue weighted by atomic mass is 9.95. The fourth-order valence-electron chi connectivity index (χ4n) is 1.75. The molecule has 5 heteroatoms. The average molecular weight is 194 g/mol. The number of hydrogen-bond donors (Lipinski definition) is 2. The zero-order chi connectivity index (χ0) is 10.1. The molecule has 1 amide bonds.